The van der Waals surface area contributed by atoms with Crippen molar-refractivity contribution in [1.82, 2.24) is 24.9 Å². The summed E-state index contributed by atoms with van der Waals surface area (Å²) < 4.78 is 3.54. The molecule has 0 bridgehead atoms. The number of amides is 1. The lowest BCUT2D eigenvalue weighted by atomic mass is 10.2. The van der Waals surface area contributed by atoms with Gasteiger partial charge in [-0.25, -0.2) is 4.68 Å². The highest BCUT2D eigenvalue weighted by Crippen LogP contribution is 2.23. The topological polar surface area (TPSA) is 64.7 Å². The highest BCUT2D eigenvalue weighted by Gasteiger charge is 2.20. The van der Waals surface area contributed by atoms with Crippen molar-refractivity contribution >= 4 is 17.5 Å². The van der Waals surface area contributed by atoms with Crippen LogP contribution in [0.4, 0.5) is 0 Å². The number of nitrogens with one attached hydrogen (secondary N) is 1. The Kier molecular flexibility index (Phi) is 5.42. The average Bonchev–Trinajstić information content (AvgIpc) is 3.10. The fourth-order valence-electron chi connectivity index (χ4n) is 2.92. The van der Waals surface area contributed by atoms with Crippen molar-refractivity contribution in [2.45, 2.75) is 33.7 Å². The molecule has 0 atom stereocenters. The van der Waals surface area contributed by atoms with Gasteiger partial charge in [0.2, 0.25) is 0 Å². The summed E-state index contributed by atoms with van der Waals surface area (Å²) in [4.78, 5) is 12.5. The van der Waals surface area contributed by atoms with Crippen LogP contribution in [0.25, 0.3) is 5.69 Å². The Morgan fingerprint density at radius 1 is 1.15 bits per heavy atom. The Morgan fingerprint density at radius 3 is 2.54 bits per heavy atom. The molecule has 7 heteroatoms. The van der Waals surface area contributed by atoms with E-state index in [2.05, 4.69) is 15.5 Å². The number of aromatic nitrogens is 4. The Hall–Kier alpha value is -2.60. The zero-order valence-electron chi connectivity index (χ0n) is 15.2. The summed E-state index contributed by atoms with van der Waals surface area (Å²) in [6.45, 7) is 7.09. The number of carbonyl (C=O) groups excluding carboxylic acids is 1. The lowest BCUT2D eigenvalue weighted by Crippen LogP contribution is -2.26. The molecule has 0 saturated carbocycles. The van der Waals surface area contributed by atoms with Gasteiger partial charge in [0.15, 0.2) is 0 Å². The van der Waals surface area contributed by atoms with Crippen LogP contribution in [-0.4, -0.2) is 32.0 Å². The van der Waals surface area contributed by atoms with Gasteiger partial charge in [-0.2, -0.15) is 10.2 Å². The molecule has 3 aromatic rings. The van der Waals surface area contributed by atoms with Crippen LogP contribution in [0.15, 0.2) is 36.4 Å². The lowest BCUT2D eigenvalue weighted by molar-refractivity contribution is 0.0952. The monoisotopic (exact) mass is 371 g/mol. The van der Waals surface area contributed by atoms with Crippen LogP contribution >= 0.6 is 11.6 Å². The molecule has 0 spiro atoms. The summed E-state index contributed by atoms with van der Waals surface area (Å²) in [7, 11) is 0. The van der Waals surface area contributed by atoms with E-state index in [9.17, 15) is 4.79 Å². The van der Waals surface area contributed by atoms with E-state index in [4.69, 9.17) is 11.6 Å². The van der Waals surface area contributed by atoms with Crippen LogP contribution < -0.4 is 5.32 Å². The first-order chi connectivity index (χ1) is 12.5. The highest BCUT2D eigenvalue weighted by atomic mass is 35.5. The predicted octanol–water partition coefficient (Wildman–Crippen LogP) is 3.47. The third-order valence-corrected chi connectivity index (χ3v) is 4.52. The Balaban J connectivity index is 1.63. The normalized spacial score (nSPS) is 10.9. The maximum absolute atomic E-state index is 12.5. The first kappa shape index (κ1) is 18.2. The third-order valence-electron chi connectivity index (χ3n) is 4.17. The van der Waals surface area contributed by atoms with Gasteiger partial charge in [0.05, 0.1) is 22.6 Å². The van der Waals surface area contributed by atoms with E-state index < -0.39 is 0 Å². The van der Waals surface area contributed by atoms with Crippen LogP contribution in [0, 0.1) is 20.8 Å². The minimum absolute atomic E-state index is 0.206. The van der Waals surface area contributed by atoms with E-state index in [1.807, 2.05) is 54.9 Å². The van der Waals surface area contributed by atoms with Gasteiger partial charge in [-0.3, -0.25) is 9.48 Å². The molecular weight excluding hydrogens is 350 g/mol. The van der Waals surface area contributed by atoms with Gasteiger partial charge in [-0.1, -0.05) is 29.8 Å². The van der Waals surface area contributed by atoms with Gasteiger partial charge in [0.1, 0.15) is 5.15 Å². The largest absolute Gasteiger partial charge is 0.352 e. The van der Waals surface area contributed by atoms with Crippen molar-refractivity contribution < 1.29 is 4.79 Å². The smallest absolute Gasteiger partial charge is 0.256 e. The van der Waals surface area contributed by atoms with Gasteiger partial charge < -0.3 is 5.32 Å². The van der Waals surface area contributed by atoms with E-state index in [1.165, 1.54) is 0 Å². The molecule has 1 aromatic carbocycles. The number of aryl methyl sites for hydroxylation is 4. The summed E-state index contributed by atoms with van der Waals surface area (Å²) in [5, 5.41) is 12.1. The molecule has 0 fully saturated rings. The third kappa shape index (κ3) is 3.80. The molecule has 0 radical (unpaired) electrons. The van der Waals surface area contributed by atoms with Crippen molar-refractivity contribution in [1.29, 1.82) is 0 Å². The molecule has 1 amide bonds. The molecule has 0 unspecified atom stereocenters. The van der Waals surface area contributed by atoms with Crippen LogP contribution in [0.5, 0.6) is 0 Å². The Bertz CT molecular complexity index is 914. The lowest BCUT2D eigenvalue weighted by Gasteiger charge is -2.07. The minimum Gasteiger partial charge on any atom is -0.352 e. The fraction of sp³-hybridized carbons (Fsp3) is 0.316. The number of benzene rings is 1. The number of halogens is 1. The number of para-hydroxylation sites is 1. The summed E-state index contributed by atoms with van der Waals surface area (Å²) >= 11 is 6.42. The molecule has 3 rings (SSSR count). The molecule has 0 saturated heterocycles. The van der Waals surface area contributed by atoms with E-state index >= 15 is 0 Å². The molecule has 136 valence electrons. The van der Waals surface area contributed by atoms with Crippen molar-refractivity contribution in [3.8, 4) is 5.69 Å². The standard InChI is InChI=1S/C19H22ClN5O/c1-13-12-14(2)24(22-13)11-7-10-21-19(26)17-15(3)23-25(18(17)20)16-8-5-4-6-9-16/h4-6,8-9,12H,7,10-11H2,1-3H3,(H,21,26). The number of rotatable bonds is 6. The van der Waals surface area contributed by atoms with Crippen LogP contribution in [0.1, 0.15) is 33.9 Å². The number of nitrogens with zero attached hydrogens (tertiary/aromatic N) is 4. The first-order valence-electron chi connectivity index (χ1n) is 8.57. The van der Waals surface area contributed by atoms with E-state index in [0.717, 1.165) is 30.0 Å². The van der Waals surface area contributed by atoms with Gasteiger partial charge in [0, 0.05) is 18.8 Å². The van der Waals surface area contributed by atoms with Crippen molar-refractivity contribution in [2.24, 2.45) is 0 Å². The zero-order chi connectivity index (χ0) is 18.7. The molecular formula is C19H22ClN5O. The van der Waals surface area contributed by atoms with Crippen LogP contribution in [-0.2, 0) is 6.54 Å². The Labute approximate surface area is 157 Å². The molecule has 0 aliphatic rings. The van der Waals surface area contributed by atoms with Gasteiger partial charge >= 0.3 is 0 Å². The summed E-state index contributed by atoms with van der Waals surface area (Å²) in [5.74, 6) is -0.206. The van der Waals surface area contributed by atoms with E-state index in [0.29, 0.717) is 23.0 Å². The maximum atomic E-state index is 12.5. The number of hydrogen-bond acceptors (Lipinski definition) is 3. The van der Waals surface area contributed by atoms with Crippen LogP contribution in [0.3, 0.4) is 0 Å². The first-order valence-corrected chi connectivity index (χ1v) is 8.95. The second-order valence-electron chi connectivity index (χ2n) is 6.26. The maximum Gasteiger partial charge on any atom is 0.256 e. The van der Waals surface area contributed by atoms with Crippen molar-refractivity contribution in [2.75, 3.05) is 6.54 Å². The van der Waals surface area contributed by atoms with Gasteiger partial charge in [-0.05, 0) is 45.4 Å². The van der Waals surface area contributed by atoms with E-state index in [1.54, 1.807) is 11.6 Å². The minimum atomic E-state index is -0.206. The number of carbonyl (C=O) groups is 1. The summed E-state index contributed by atoms with van der Waals surface area (Å²) in [5.41, 5.74) is 3.97. The second-order valence-corrected chi connectivity index (χ2v) is 6.62. The van der Waals surface area contributed by atoms with Crippen molar-refractivity contribution in [3.05, 3.63) is 64.2 Å². The van der Waals surface area contributed by atoms with Gasteiger partial charge in [-0.15, -0.1) is 0 Å². The summed E-state index contributed by atoms with van der Waals surface area (Å²) in [6, 6.07) is 11.6. The molecule has 2 aromatic heterocycles. The molecule has 2 heterocycles. The molecule has 6 nitrogen and oxygen atoms in total. The molecule has 26 heavy (non-hydrogen) atoms. The SMILES string of the molecule is Cc1cc(C)n(CCCNC(=O)c2c(C)nn(-c3ccccc3)c2Cl)n1. The Morgan fingerprint density at radius 2 is 1.88 bits per heavy atom. The van der Waals surface area contributed by atoms with Crippen molar-refractivity contribution in [3.63, 3.8) is 0 Å². The highest BCUT2D eigenvalue weighted by molar-refractivity contribution is 6.33. The van der Waals surface area contributed by atoms with Gasteiger partial charge in [0.25, 0.3) is 5.91 Å². The molecule has 1 N–H and O–H groups in total. The number of hydrogen-bond donors (Lipinski definition) is 1. The quantitative estimate of drug-likeness (QED) is 0.675. The summed E-state index contributed by atoms with van der Waals surface area (Å²) in [6.07, 6.45) is 0.789. The van der Waals surface area contributed by atoms with Crippen LogP contribution in [0.2, 0.25) is 5.15 Å². The second kappa shape index (κ2) is 7.74. The molecule has 0 aliphatic carbocycles. The van der Waals surface area contributed by atoms with E-state index in [-0.39, 0.29) is 5.91 Å². The predicted molar refractivity (Wildman–Crippen MR) is 102 cm³/mol. The zero-order valence-corrected chi connectivity index (χ0v) is 15.9. The fourth-order valence-corrected chi connectivity index (χ4v) is 3.28. The molecule has 0 aliphatic heterocycles. The average molecular weight is 372 g/mol.